The molecule has 0 aliphatic heterocycles. The Hall–Kier alpha value is -1.84. The van der Waals surface area contributed by atoms with Gasteiger partial charge in [0.1, 0.15) is 0 Å². The third-order valence-electron chi connectivity index (χ3n) is 4.46. The van der Waals surface area contributed by atoms with Crippen molar-refractivity contribution in [2.75, 3.05) is 13.2 Å². The van der Waals surface area contributed by atoms with Crippen LogP contribution in [0.4, 0.5) is 0 Å². The highest BCUT2D eigenvalue weighted by Crippen LogP contribution is 2.23. The van der Waals surface area contributed by atoms with E-state index in [0.717, 1.165) is 12.0 Å². The van der Waals surface area contributed by atoms with E-state index in [2.05, 4.69) is 0 Å². The fourth-order valence-electron chi connectivity index (χ4n) is 3.01. The highest BCUT2D eigenvalue weighted by atomic mass is 16.5. The average Bonchev–Trinajstić information content (AvgIpc) is 2.62. The van der Waals surface area contributed by atoms with Crippen LogP contribution in [-0.4, -0.2) is 25.2 Å². The van der Waals surface area contributed by atoms with Crippen LogP contribution in [-0.2, 0) is 25.5 Å². The maximum atomic E-state index is 11.7. The van der Waals surface area contributed by atoms with Crippen LogP contribution in [0.2, 0.25) is 0 Å². The summed E-state index contributed by atoms with van der Waals surface area (Å²) in [5.74, 6) is 0.0920. The van der Waals surface area contributed by atoms with Crippen molar-refractivity contribution in [2.45, 2.75) is 57.8 Å². The van der Waals surface area contributed by atoms with Crippen LogP contribution in [0, 0.1) is 5.92 Å². The van der Waals surface area contributed by atoms with Gasteiger partial charge in [-0.1, -0.05) is 49.6 Å². The molecule has 24 heavy (non-hydrogen) atoms. The SMILES string of the molecule is O=C(CCCC(=O)OCC1CCCCC1)OCCc1ccccc1. The van der Waals surface area contributed by atoms with Crippen LogP contribution in [0.1, 0.15) is 56.9 Å². The normalized spacial score (nSPS) is 15.0. The summed E-state index contributed by atoms with van der Waals surface area (Å²) in [7, 11) is 0. The molecule has 4 nitrogen and oxygen atoms in total. The molecule has 1 aliphatic rings. The summed E-state index contributed by atoms with van der Waals surface area (Å²) in [5, 5.41) is 0. The van der Waals surface area contributed by atoms with Gasteiger partial charge in [0, 0.05) is 19.3 Å². The summed E-state index contributed by atoms with van der Waals surface area (Å²) in [4.78, 5) is 23.3. The van der Waals surface area contributed by atoms with Crippen LogP contribution in [0.15, 0.2) is 30.3 Å². The minimum Gasteiger partial charge on any atom is -0.465 e. The second-order valence-electron chi connectivity index (χ2n) is 6.50. The Balaban J connectivity index is 1.48. The van der Waals surface area contributed by atoms with Crippen molar-refractivity contribution in [3.05, 3.63) is 35.9 Å². The lowest BCUT2D eigenvalue weighted by molar-refractivity contribution is -0.146. The van der Waals surface area contributed by atoms with Crippen molar-refractivity contribution >= 4 is 11.9 Å². The molecule has 0 atom stereocenters. The lowest BCUT2D eigenvalue weighted by Gasteiger charge is -2.20. The van der Waals surface area contributed by atoms with Gasteiger partial charge in [-0.2, -0.15) is 0 Å². The van der Waals surface area contributed by atoms with Gasteiger partial charge < -0.3 is 9.47 Å². The van der Waals surface area contributed by atoms with Gasteiger partial charge in [0.25, 0.3) is 0 Å². The van der Waals surface area contributed by atoms with E-state index in [1.165, 1.54) is 32.1 Å². The predicted molar refractivity (Wildman–Crippen MR) is 92.5 cm³/mol. The largest absolute Gasteiger partial charge is 0.465 e. The Morgan fingerprint density at radius 1 is 0.917 bits per heavy atom. The topological polar surface area (TPSA) is 52.6 Å². The van der Waals surface area contributed by atoms with E-state index >= 15 is 0 Å². The Bertz CT molecular complexity index is 492. The molecule has 4 heteroatoms. The summed E-state index contributed by atoms with van der Waals surface area (Å²) in [6.45, 7) is 0.926. The smallest absolute Gasteiger partial charge is 0.305 e. The lowest BCUT2D eigenvalue weighted by atomic mass is 9.90. The van der Waals surface area contributed by atoms with Crippen molar-refractivity contribution in [3.63, 3.8) is 0 Å². The molecule has 0 saturated heterocycles. The van der Waals surface area contributed by atoms with Crippen molar-refractivity contribution in [3.8, 4) is 0 Å². The molecule has 0 radical (unpaired) electrons. The predicted octanol–water partition coefficient (Wildman–Crippen LogP) is 4.07. The fraction of sp³-hybridized carbons (Fsp3) is 0.600. The number of ether oxygens (including phenoxy) is 2. The van der Waals surface area contributed by atoms with Crippen molar-refractivity contribution in [1.82, 2.24) is 0 Å². The maximum Gasteiger partial charge on any atom is 0.305 e. The second kappa shape index (κ2) is 10.8. The summed E-state index contributed by atoms with van der Waals surface area (Å²) < 4.78 is 10.5. The first-order valence-corrected chi connectivity index (χ1v) is 9.09. The van der Waals surface area contributed by atoms with Crippen LogP contribution < -0.4 is 0 Å². The van der Waals surface area contributed by atoms with Gasteiger partial charge in [0.05, 0.1) is 13.2 Å². The van der Waals surface area contributed by atoms with Crippen LogP contribution >= 0.6 is 0 Å². The molecule has 0 spiro atoms. The summed E-state index contributed by atoms with van der Waals surface area (Å²) in [5.41, 5.74) is 1.15. The van der Waals surface area contributed by atoms with E-state index in [1.807, 2.05) is 30.3 Å². The van der Waals surface area contributed by atoms with E-state index in [0.29, 0.717) is 32.0 Å². The average molecular weight is 332 g/mol. The standard InChI is InChI=1S/C20H28O4/c21-19(23-15-14-17-8-3-1-4-9-17)12-7-13-20(22)24-16-18-10-5-2-6-11-18/h1,3-4,8-9,18H,2,5-7,10-16H2. The number of carbonyl (C=O) groups excluding carboxylic acids is 2. The van der Waals surface area contributed by atoms with E-state index in [1.54, 1.807) is 0 Å². The number of hydrogen-bond donors (Lipinski definition) is 0. The zero-order valence-corrected chi connectivity index (χ0v) is 14.4. The van der Waals surface area contributed by atoms with Gasteiger partial charge in [-0.05, 0) is 30.7 Å². The van der Waals surface area contributed by atoms with Crippen LogP contribution in [0.25, 0.3) is 0 Å². The van der Waals surface area contributed by atoms with Gasteiger partial charge in [-0.15, -0.1) is 0 Å². The van der Waals surface area contributed by atoms with Crippen molar-refractivity contribution in [1.29, 1.82) is 0 Å². The van der Waals surface area contributed by atoms with E-state index in [9.17, 15) is 9.59 Å². The number of rotatable bonds is 9. The quantitative estimate of drug-likeness (QED) is 0.640. The van der Waals surface area contributed by atoms with E-state index < -0.39 is 0 Å². The zero-order valence-electron chi connectivity index (χ0n) is 14.4. The van der Waals surface area contributed by atoms with Gasteiger partial charge in [-0.25, -0.2) is 0 Å². The van der Waals surface area contributed by atoms with Gasteiger partial charge in [0.15, 0.2) is 0 Å². The number of benzene rings is 1. The van der Waals surface area contributed by atoms with Crippen molar-refractivity contribution in [2.24, 2.45) is 5.92 Å². The summed E-state index contributed by atoms with van der Waals surface area (Å²) in [6.07, 6.45) is 7.91. The molecule has 0 amide bonds. The first-order valence-electron chi connectivity index (χ1n) is 9.09. The molecule has 1 aromatic rings. The molecule has 0 unspecified atom stereocenters. The van der Waals surface area contributed by atoms with E-state index in [-0.39, 0.29) is 18.4 Å². The maximum absolute atomic E-state index is 11.7. The minimum atomic E-state index is -0.244. The molecule has 1 aromatic carbocycles. The molecule has 132 valence electrons. The molecule has 0 bridgehead atoms. The third kappa shape index (κ3) is 7.62. The summed E-state index contributed by atoms with van der Waals surface area (Å²) >= 11 is 0. The molecule has 1 saturated carbocycles. The molecular formula is C20H28O4. The first kappa shape index (κ1) is 18.5. The van der Waals surface area contributed by atoms with Gasteiger partial charge in [0.2, 0.25) is 0 Å². The molecular weight excluding hydrogens is 304 g/mol. The van der Waals surface area contributed by atoms with Gasteiger partial charge >= 0.3 is 11.9 Å². The Morgan fingerprint density at radius 2 is 1.58 bits per heavy atom. The van der Waals surface area contributed by atoms with Crippen LogP contribution in [0.3, 0.4) is 0 Å². The summed E-state index contributed by atoms with van der Waals surface area (Å²) in [6, 6.07) is 9.92. The third-order valence-corrected chi connectivity index (χ3v) is 4.46. The first-order chi connectivity index (χ1) is 11.7. The number of hydrogen-bond acceptors (Lipinski definition) is 4. The molecule has 0 N–H and O–H groups in total. The molecule has 1 aliphatic carbocycles. The molecule has 0 heterocycles. The molecule has 2 rings (SSSR count). The monoisotopic (exact) mass is 332 g/mol. The molecule has 1 fully saturated rings. The Labute approximate surface area is 144 Å². The van der Waals surface area contributed by atoms with Crippen LogP contribution in [0.5, 0.6) is 0 Å². The highest BCUT2D eigenvalue weighted by molar-refractivity contribution is 5.72. The van der Waals surface area contributed by atoms with E-state index in [4.69, 9.17) is 9.47 Å². The zero-order chi connectivity index (χ0) is 17.0. The second-order valence-corrected chi connectivity index (χ2v) is 6.50. The number of carbonyl (C=O) groups is 2. The highest BCUT2D eigenvalue weighted by Gasteiger charge is 2.15. The molecule has 0 aromatic heterocycles. The lowest BCUT2D eigenvalue weighted by Crippen LogP contribution is -2.17. The number of esters is 2. The van der Waals surface area contributed by atoms with Crippen molar-refractivity contribution < 1.29 is 19.1 Å². The minimum absolute atomic E-state index is 0.197. The fourth-order valence-corrected chi connectivity index (χ4v) is 3.01. The Kier molecular flexibility index (Phi) is 8.36. The van der Waals surface area contributed by atoms with Gasteiger partial charge in [-0.3, -0.25) is 9.59 Å². The Morgan fingerprint density at radius 3 is 2.29 bits per heavy atom.